The normalized spacial score (nSPS) is 15.3. The summed E-state index contributed by atoms with van der Waals surface area (Å²) < 4.78 is 38.0. The van der Waals surface area contributed by atoms with Gasteiger partial charge in [-0.1, -0.05) is 31.2 Å². The zero-order valence-electron chi connectivity index (χ0n) is 17.1. The molecule has 0 spiro atoms. The van der Waals surface area contributed by atoms with Crippen molar-refractivity contribution in [2.45, 2.75) is 18.2 Å². The van der Waals surface area contributed by atoms with E-state index < -0.39 is 10.0 Å². The van der Waals surface area contributed by atoms with E-state index in [2.05, 4.69) is 5.32 Å². The number of carbonyl (C=O) groups excluding carboxylic acids is 1. The highest BCUT2D eigenvalue weighted by molar-refractivity contribution is 7.89. The standard InChI is InChI=1S/C22H26N2O5S/c1-3-18-6-4-5-7-19(18)23-22(25)11-9-17-8-10-20(28-2)21(16-17)30(26,27)24-12-14-29-15-13-24/h4-11,16H,3,12-15H2,1-2H3,(H,23,25)/b11-9+. The molecule has 1 aliphatic rings. The molecule has 1 amide bonds. The van der Waals surface area contributed by atoms with Crippen molar-refractivity contribution in [1.29, 1.82) is 0 Å². The van der Waals surface area contributed by atoms with Gasteiger partial charge < -0.3 is 14.8 Å². The number of aryl methyl sites for hydroxylation is 1. The van der Waals surface area contributed by atoms with Gasteiger partial charge in [0, 0.05) is 24.9 Å². The van der Waals surface area contributed by atoms with Crippen LogP contribution in [0.1, 0.15) is 18.1 Å². The number of benzene rings is 2. The number of carbonyl (C=O) groups is 1. The zero-order chi connectivity index (χ0) is 21.6. The summed E-state index contributed by atoms with van der Waals surface area (Å²) in [5, 5.41) is 2.86. The molecule has 1 fully saturated rings. The molecule has 1 N–H and O–H groups in total. The Labute approximate surface area is 177 Å². The first kappa shape index (κ1) is 22.0. The highest BCUT2D eigenvalue weighted by Crippen LogP contribution is 2.29. The summed E-state index contributed by atoms with van der Waals surface area (Å²) in [4.78, 5) is 12.4. The van der Waals surface area contributed by atoms with Gasteiger partial charge in [0.25, 0.3) is 0 Å². The van der Waals surface area contributed by atoms with Crippen LogP contribution in [0.4, 0.5) is 5.69 Å². The lowest BCUT2D eigenvalue weighted by Gasteiger charge is -2.26. The van der Waals surface area contributed by atoms with E-state index in [9.17, 15) is 13.2 Å². The fourth-order valence-corrected chi connectivity index (χ4v) is 4.82. The summed E-state index contributed by atoms with van der Waals surface area (Å²) in [6.07, 6.45) is 3.78. The van der Waals surface area contributed by atoms with Crippen LogP contribution in [-0.2, 0) is 26.0 Å². The first-order chi connectivity index (χ1) is 14.5. The number of hydrogen-bond donors (Lipinski definition) is 1. The maximum absolute atomic E-state index is 13.1. The minimum Gasteiger partial charge on any atom is -0.495 e. The molecule has 0 radical (unpaired) electrons. The number of methoxy groups -OCH3 is 1. The minimum atomic E-state index is -3.73. The Morgan fingerprint density at radius 2 is 1.93 bits per heavy atom. The number of morpholine rings is 1. The van der Waals surface area contributed by atoms with Crippen LogP contribution in [0.15, 0.2) is 53.4 Å². The number of hydrogen-bond acceptors (Lipinski definition) is 5. The molecule has 0 bridgehead atoms. The van der Waals surface area contributed by atoms with Crippen LogP contribution in [0.25, 0.3) is 6.08 Å². The number of nitrogens with one attached hydrogen (secondary N) is 1. The van der Waals surface area contributed by atoms with E-state index >= 15 is 0 Å². The number of rotatable bonds is 7. The third-order valence-corrected chi connectivity index (χ3v) is 6.78. The van der Waals surface area contributed by atoms with Gasteiger partial charge in [0.15, 0.2) is 0 Å². The predicted octanol–water partition coefficient (Wildman–Crippen LogP) is 2.93. The first-order valence-electron chi connectivity index (χ1n) is 9.78. The van der Waals surface area contributed by atoms with E-state index in [1.165, 1.54) is 23.6 Å². The van der Waals surface area contributed by atoms with Crippen molar-refractivity contribution in [3.05, 3.63) is 59.7 Å². The van der Waals surface area contributed by atoms with Crippen LogP contribution < -0.4 is 10.1 Å². The third kappa shape index (κ3) is 5.08. The van der Waals surface area contributed by atoms with Crippen molar-refractivity contribution in [1.82, 2.24) is 4.31 Å². The van der Waals surface area contributed by atoms with E-state index in [0.29, 0.717) is 31.9 Å². The van der Waals surface area contributed by atoms with Gasteiger partial charge in [-0.3, -0.25) is 4.79 Å². The van der Waals surface area contributed by atoms with Crippen molar-refractivity contribution < 1.29 is 22.7 Å². The van der Waals surface area contributed by atoms with Gasteiger partial charge in [0.2, 0.25) is 15.9 Å². The van der Waals surface area contributed by atoms with Gasteiger partial charge in [-0.05, 0) is 41.8 Å². The Bertz CT molecular complexity index is 1030. The topological polar surface area (TPSA) is 84.9 Å². The molecule has 3 rings (SSSR count). The molecule has 1 heterocycles. The van der Waals surface area contributed by atoms with Gasteiger partial charge in [0.05, 0.1) is 20.3 Å². The zero-order valence-corrected chi connectivity index (χ0v) is 17.9. The molecule has 0 saturated carbocycles. The van der Waals surface area contributed by atoms with Crippen molar-refractivity contribution in [3.63, 3.8) is 0 Å². The number of nitrogens with zero attached hydrogens (tertiary/aromatic N) is 1. The third-order valence-electron chi connectivity index (χ3n) is 4.86. The van der Waals surface area contributed by atoms with Crippen LogP contribution >= 0.6 is 0 Å². The SMILES string of the molecule is CCc1ccccc1NC(=O)/C=C/c1ccc(OC)c(S(=O)(=O)N2CCOCC2)c1. The van der Waals surface area contributed by atoms with Crippen LogP contribution in [-0.4, -0.2) is 52.0 Å². The van der Waals surface area contributed by atoms with Gasteiger partial charge in [0.1, 0.15) is 10.6 Å². The monoisotopic (exact) mass is 430 g/mol. The molecular weight excluding hydrogens is 404 g/mol. The van der Waals surface area contributed by atoms with E-state index in [1.807, 2.05) is 31.2 Å². The Balaban J connectivity index is 1.81. The summed E-state index contributed by atoms with van der Waals surface area (Å²) in [6.45, 7) is 3.34. The largest absolute Gasteiger partial charge is 0.495 e. The molecule has 8 heteroatoms. The molecule has 0 unspecified atom stereocenters. The average Bonchev–Trinajstić information content (AvgIpc) is 2.78. The lowest BCUT2D eigenvalue weighted by atomic mass is 10.1. The second kappa shape index (κ2) is 9.88. The number of sulfonamides is 1. The summed E-state index contributed by atoms with van der Waals surface area (Å²) in [5.41, 5.74) is 2.39. The molecule has 1 aliphatic heterocycles. The molecule has 0 aromatic heterocycles. The summed E-state index contributed by atoms with van der Waals surface area (Å²) in [7, 11) is -2.30. The number of ether oxygens (including phenoxy) is 2. The van der Waals surface area contributed by atoms with Gasteiger partial charge in [-0.15, -0.1) is 0 Å². The molecular formula is C22H26N2O5S. The van der Waals surface area contributed by atoms with Crippen molar-refractivity contribution in [3.8, 4) is 5.75 Å². The Morgan fingerprint density at radius 1 is 1.20 bits per heavy atom. The Kier molecular flexibility index (Phi) is 7.25. The first-order valence-corrected chi connectivity index (χ1v) is 11.2. The van der Waals surface area contributed by atoms with Crippen LogP contribution in [0.5, 0.6) is 5.75 Å². The molecule has 2 aromatic carbocycles. The number of anilines is 1. The average molecular weight is 431 g/mol. The minimum absolute atomic E-state index is 0.0748. The van der Waals surface area contributed by atoms with Crippen LogP contribution in [0, 0.1) is 0 Å². The van der Waals surface area contributed by atoms with Crippen molar-refractivity contribution >= 4 is 27.7 Å². The fourth-order valence-electron chi connectivity index (χ4n) is 3.22. The van der Waals surface area contributed by atoms with Crippen molar-refractivity contribution in [2.75, 3.05) is 38.7 Å². The maximum atomic E-state index is 13.1. The van der Waals surface area contributed by atoms with E-state index in [4.69, 9.17) is 9.47 Å². The second-order valence-electron chi connectivity index (χ2n) is 6.76. The lowest BCUT2D eigenvalue weighted by Crippen LogP contribution is -2.40. The smallest absolute Gasteiger partial charge is 0.248 e. The molecule has 0 atom stereocenters. The van der Waals surface area contributed by atoms with E-state index in [-0.39, 0.29) is 16.6 Å². The number of amides is 1. The molecule has 7 nitrogen and oxygen atoms in total. The molecule has 160 valence electrons. The summed E-state index contributed by atoms with van der Waals surface area (Å²) in [5.74, 6) is -0.0238. The van der Waals surface area contributed by atoms with E-state index in [1.54, 1.807) is 18.2 Å². The second-order valence-corrected chi connectivity index (χ2v) is 8.67. The quantitative estimate of drug-likeness (QED) is 0.683. The van der Waals surface area contributed by atoms with Gasteiger partial charge in [-0.25, -0.2) is 8.42 Å². The fraction of sp³-hybridized carbons (Fsp3) is 0.318. The molecule has 1 saturated heterocycles. The molecule has 2 aromatic rings. The predicted molar refractivity (Wildman–Crippen MR) is 116 cm³/mol. The summed E-state index contributed by atoms with van der Waals surface area (Å²) >= 11 is 0. The number of para-hydroxylation sites is 1. The van der Waals surface area contributed by atoms with Crippen LogP contribution in [0.3, 0.4) is 0 Å². The summed E-state index contributed by atoms with van der Waals surface area (Å²) in [6, 6.07) is 12.4. The maximum Gasteiger partial charge on any atom is 0.248 e. The Morgan fingerprint density at radius 3 is 2.63 bits per heavy atom. The van der Waals surface area contributed by atoms with E-state index in [0.717, 1.165) is 17.7 Å². The van der Waals surface area contributed by atoms with Crippen molar-refractivity contribution in [2.24, 2.45) is 0 Å². The highest BCUT2D eigenvalue weighted by Gasteiger charge is 2.29. The van der Waals surface area contributed by atoms with Crippen LogP contribution in [0.2, 0.25) is 0 Å². The van der Waals surface area contributed by atoms with Gasteiger partial charge >= 0.3 is 0 Å². The Hall–Kier alpha value is -2.68. The molecule has 0 aliphatic carbocycles. The highest BCUT2D eigenvalue weighted by atomic mass is 32.2. The molecule has 30 heavy (non-hydrogen) atoms. The lowest BCUT2D eigenvalue weighted by molar-refractivity contribution is -0.111. The van der Waals surface area contributed by atoms with Gasteiger partial charge in [-0.2, -0.15) is 4.31 Å².